The summed E-state index contributed by atoms with van der Waals surface area (Å²) < 4.78 is 0. The Labute approximate surface area is 142 Å². The molecule has 0 atom stereocenters. The lowest BCUT2D eigenvalue weighted by Crippen LogP contribution is -2.36. The minimum absolute atomic E-state index is 0.101. The average molecular weight is 327 g/mol. The van der Waals surface area contributed by atoms with E-state index in [9.17, 15) is 9.59 Å². The van der Waals surface area contributed by atoms with Gasteiger partial charge in [-0.2, -0.15) is 0 Å². The molecule has 5 nitrogen and oxygen atoms in total. The number of H-pyrrole nitrogens is 1. The van der Waals surface area contributed by atoms with E-state index < -0.39 is 0 Å². The summed E-state index contributed by atoms with van der Waals surface area (Å²) >= 11 is 0. The highest BCUT2D eigenvalue weighted by Gasteiger charge is 2.19. The molecule has 0 bridgehead atoms. The zero-order valence-electron chi connectivity index (χ0n) is 14.3. The lowest BCUT2D eigenvalue weighted by Gasteiger charge is -2.21. The van der Waals surface area contributed by atoms with Gasteiger partial charge in [-0.25, -0.2) is 0 Å². The number of rotatable bonds is 4. The lowest BCUT2D eigenvalue weighted by atomic mass is 10.1. The zero-order chi connectivity index (χ0) is 16.9. The molecule has 1 aliphatic heterocycles. The van der Waals surface area contributed by atoms with E-state index in [1.54, 1.807) is 6.92 Å². The number of carbonyl (C=O) groups excluding carboxylic acids is 2. The summed E-state index contributed by atoms with van der Waals surface area (Å²) in [5.74, 6) is 0.309. The van der Waals surface area contributed by atoms with Crippen molar-refractivity contribution >= 4 is 22.7 Å². The highest BCUT2D eigenvalue weighted by atomic mass is 16.2. The van der Waals surface area contributed by atoms with E-state index in [2.05, 4.69) is 17.1 Å². The summed E-state index contributed by atoms with van der Waals surface area (Å²) in [5.41, 5.74) is 2.42. The van der Waals surface area contributed by atoms with Crippen LogP contribution in [0.3, 0.4) is 0 Å². The molecule has 0 radical (unpaired) electrons. The topological polar surface area (TPSA) is 56.4 Å². The van der Waals surface area contributed by atoms with Crippen LogP contribution in [0.2, 0.25) is 0 Å². The second-order valence-corrected chi connectivity index (χ2v) is 6.45. The Morgan fingerprint density at radius 3 is 2.67 bits per heavy atom. The van der Waals surface area contributed by atoms with E-state index in [-0.39, 0.29) is 11.8 Å². The van der Waals surface area contributed by atoms with Gasteiger partial charge in [-0.3, -0.25) is 9.59 Å². The number of fused-ring (bicyclic) bond motifs is 1. The van der Waals surface area contributed by atoms with Crippen molar-refractivity contribution in [3.8, 4) is 0 Å². The zero-order valence-corrected chi connectivity index (χ0v) is 14.3. The molecule has 2 heterocycles. The summed E-state index contributed by atoms with van der Waals surface area (Å²) in [4.78, 5) is 30.9. The van der Waals surface area contributed by atoms with Crippen LogP contribution >= 0.6 is 0 Å². The number of aryl methyl sites for hydroxylation is 1. The molecule has 0 aliphatic carbocycles. The molecule has 5 heteroatoms. The molecule has 1 aromatic carbocycles. The monoisotopic (exact) mass is 327 g/mol. The van der Waals surface area contributed by atoms with E-state index in [4.69, 9.17) is 0 Å². The SMILES string of the molecule is CC(=O)N1CCCN(C(=O)CCCc2c[nH]c3ccccc23)CC1. The highest BCUT2D eigenvalue weighted by molar-refractivity contribution is 5.83. The maximum Gasteiger partial charge on any atom is 0.222 e. The summed E-state index contributed by atoms with van der Waals surface area (Å²) in [5, 5.41) is 1.25. The third-order valence-electron chi connectivity index (χ3n) is 4.81. The molecule has 0 saturated carbocycles. The largest absolute Gasteiger partial charge is 0.361 e. The fourth-order valence-electron chi connectivity index (χ4n) is 3.41. The number of nitrogens with zero attached hydrogens (tertiary/aromatic N) is 2. The molecule has 1 fully saturated rings. The van der Waals surface area contributed by atoms with Gasteiger partial charge in [0, 0.05) is 56.6 Å². The van der Waals surface area contributed by atoms with Crippen LogP contribution in [-0.2, 0) is 16.0 Å². The predicted molar refractivity (Wildman–Crippen MR) is 94.7 cm³/mol. The van der Waals surface area contributed by atoms with Crippen molar-refractivity contribution < 1.29 is 9.59 Å². The van der Waals surface area contributed by atoms with E-state index in [1.807, 2.05) is 28.1 Å². The predicted octanol–water partition coefficient (Wildman–Crippen LogP) is 2.57. The number of aromatic nitrogens is 1. The molecule has 1 aromatic heterocycles. The summed E-state index contributed by atoms with van der Waals surface area (Å²) in [6.45, 7) is 4.43. The van der Waals surface area contributed by atoms with Gasteiger partial charge in [0.2, 0.25) is 11.8 Å². The van der Waals surface area contributed by atoms with Gasteiger partial charge < -0.3 is 14.8 Å². The summed E-state index contributed by atoms with van der Waals surface area (Å²) in [6.07, 6.45) is 5.25. The van der Waals surface area contributed by atoms with Gasteiger partial charge >= 0.3 is 0 Å². The lowest BCUT2D eigenvalue weighted by molar-refractivity contribution is -0.132. The van der Waals surface area contributed by atoms with Gasteiger partial charge in [0.15, 0.2) is 0 Å². The Morgan fingerprint density at radius 1 is 1.08 bits per heavy atom. The van der Waals surface area contributed by atoms with Crippen molar-refractivity contribution in [2.45, 2.75) is 32.6 Å². The van der Waals surface area contributed by atoms with Crippen molar-refractivity contribution in [1.29, 1.82) is 0 Å². The molecular weight excluding hydrogens is 302 g/mol. The minimum Gasteiger partial charge on any atom is -0.361 e. The first kappa shape index (κ1) is 16.6. The quantitative estimate of drug-likeness (QED) is 0.938. The number of amides is 2. The Kier molecular flexibility index (Phi) is 5.18. The van der Waals surface area contributed by atoms with Gasteiger partial charge in [0.1, 0.15) is 0 Å². The molecule has 2 amide bonds. The Bertz CT molecular complexity index is 722. The third-order valence-corrected chi connectivity index (χ3v) is 4.81. The molecule has 128 valence electrons. The van der Waals surface area contributed by atoms with Crippen molar-refractivity contribution in [3.63, 3.8) is 0 Å². The number of hydrogen-bond acceptors (Lipinski definition) is 2. The van der Waals surface area contributed by atoms with Crippen LogP contribution in [0.1, 0.15) is 31.7 Å². The van der Waals surface area contributed by atoms with Crippen molar-refractivity contribution in [2.75, 3.05) is 26.2 Å². The van der Waals surface area contributed by atoms with Gasteiger partial charge in [-0.15, -0.1) is 0 Å². The van der Waals surface area contributed by atoms with Crippen LogP contribution in [0.5, 0.6) is 0 Å². The molecule has 3 rings (SSSR count). The molecule has 24 heavy (non-hydrogen) atoms. The Hall–Kier alpha value is -2.30. The maximum absolute atomic E-state index is 12.4. The average Bonchev–Trinajstić information content (AvgIpc) is 2.82. The first-order valence-electron chi connectivity index (χ1n) is 8.73. The molecular formula is C19H25N3O2. The summed E-state index contributed by atoms with van der Waals surface area (Å²) in [6, 6.07) is 8.26. The number of aromatic amines is 1. The van der Waals surface area contributed by atoms with Crippen LogP contribution in [0.15, 0.2) is 30.5 Å². The molecule has 1 saturated heterocycles. The molecule has 1 N–H and O–H groups in total. The standard InChI is InChI=1S/C19H25N3O2/c1-15(23)21-10-5-11-22(13-12-21)19(24)9-4-6-16-14-20-18-8-3-2-7-17(16)18/h2-3,7-8,14,20H,4-6,9-13H2,1H3. The smallest absolute Gasteiger partial charge is 0.222 e. The van der Waals surface area contributed by atoms with Crippen LogP contribution in [0.25, 0.3) is 10.9 Å². The van der Waals surface area contributed by atoms with Gasteiger partial charge in [0.25, 0.3) is 0 Å². The van der Waals surface area contributed by atoms with Gasteiger partial charge in [0.05, 0.1) is 0 Å². The van der Waals surface area contributed by atoms with Gasteiger partial charge in [-0.05, 0) is 30.9 Å². The van der Waals surface area contributed by atoms with Gasteiger partial charge in [-0.1, -0.05) is 18.2 Å². The van der Waals surface area contributed by atoms with Crippen LogP contribution in [-0.4, -0.2) is 52.8 Å². The number of carbonyl (C=O) groups is 2. The second-order valence-electron chi connectivity index (χ2n) is 6.45. The third kappa shape index (κ3) is 3.78. The molecule has 1 aliphatic rings. The number of hydrogen-bond donors (Lipinski definition) is 1. The molecule has 0 spiro atoms. The maximum atomic E-state index is 12.4. The normalized spacial score (nSPS) is 15.5. The van der Waals surface area contributed by atoms with Crippen LogP contribution in [0.4, 0.5) is 0 Å². The summed E-state index contributed by atoms with van der Waals surface area (Å²) in [7, 11) is 0. The fourth-order valence-corrected chi connectivity index (χ4v) is 3.41. The number of benzene rings is 1. The van der Waals surface area contributed by atoms with E-state index >= 15 is 0 Å². The van der Waals surface area contributed by atoms with E-state index in [1.165, 1.54) is 10.9 Å². The Morgan fingerprint density at radius 2 is 1.83 bits per heavy atom. The van der Waals surface area contributed by atoms with Crippen LogP contribution in [0, 0.1) is 0 Å². The highest BCUT2D eigenvalue weighted by Crippen LogP contribution is 2.19. The first-order chi connectivity index (χ1) is 11.6. The van der Waals surface area contributed by atoms with E-state index in [0.29, 0.717) is 19.5 Å². The van der Waals surface area contributed by atoms with Crippen molar-refractivity contribution in [1.82, 2.24) is 14.8 Å². The van der Waals surface area contributed by atoms with E-state index in [0.717, 1.165) is 37.9 Å². The molecule has 0 unspecified atom stereocenters. The minimum atomic E-state index is 0.101. The Balaban J connectivity index is 1.49. The first-order valence-corrected chi connectivity index (χ1v) is 8.73. The number of para-hydroxylation sites is 1. The fraction of sp³-hybridized carbons (Fsp3) is 0.474. The molecule has 2 aromatic rings. The van der Waals surface area contributed by atoms with Crippen LogP contribution < -0.4 is 0 Å². The van der Waals surface area contributed by atoms with Crippen molar-refractivity contribution in [2.24, 2.45) is 0 Å². The number of nitrogens with one attached hydrogen (secondary N) is 1. The second kappa shape index (κ2) is 7.51. The van der Waals surface area contributed by atoms with Crippen molar-refractivity contribution in [3.05, 3.63) is 36.0 Å².